The maximum Gasteiger partial charge on any atom is 0.287 e. The van der Waals surface area contributed by atoms with Crippen molar-refractivity contribution in [2.45, 2.75) is 27.0 Å². The van der Waals surface area contributed by atoms with Gasteiger partial charge in [0.2, 0.25) is 0 Å². The van der Waals surface area contributed by atoms with E-state index in [-0.39, 0.29) is 49.8 Å². The Balaban J connectivity index is 1.63. The van der Waals surface area contributed by atoms with Gasteiger partial charge in [0.15, 0.2) is 23.0 Å². The first kappa shape index (κ1) is 26.6. The highest BCUT2D eigenvalue weighted by Gasteiger charge is 2.21. The predicted octanol–water partition coefficient (Wildman–Crippen LogP) is 7.85. The van der Waals surface area contributed by atoms with Gasteiger partial charge in [0, 0.05) is 6.54 Å². The Morgan fingerprint density at radius 1 is 0.824 bits per heavy atom. The highest BCUT2D eigenvalue weighted by molar-refractivity contribution is 6.55. The number of nitrogens with one attached hydrogen (secondary N) is 1. The van der Waals surface area contributed by atoms with Gasteiger partial charge in [-0.1, -0.05) is 64.1 Å². The molecule has 6 nitrogen and oxygen atoms in total. The Hall–Kier alpha value is -1.96. The molecule has 2 aromatic carbocycles. The average molecular weight is 568 g/mol. The molecule has 0 unspecified atom stereocenters. The van der Waals surface area contributed by atoms with Crippen LogP contribution in [0.1, 0.15) is 35.7 Å². The topological polar surface area (TPSA) is 69.9 Å². The van der Waals surface area contributed by atoms with E-state index >= 15 is 0 Å². The van der Waals surface area contributed by atoms with Crippen LogP contribution in [-0.2, 0) is 13.2 Å². The largest absolute Gasteiger partial charge is 0.490 e. The van der Waals surface area contributed by atoms with Gasteiger partial charge in [-0.25, -0.2) is 0 Å². The van der Waals surface area contributed by atoms with E-state index in [1.165, 1.54) is 6.07 Å². The Bertz CT molecular complexity index is 1150. The third kappa shape index (κ3) is 6.18. The standard InChI is InChI=1S/C23H20Cl5NO5/c1-3-31-14-7-5-12(9-16(14)32-4-2)10-29-23(30)15-8-6-13(34-15)11-33-22-20(27)18(25)17(24)19(26)21(22)28/h5-9H,3-4,10-11H2,1-2H3,(H,29,30). The van der Waals surface area contributed by atoms with Crippen LogP contribution < -0.4 is 19.5 Å². The zero-order chi connectivity index (χ0) is 24.8. The summed E-state index contributed by atoms with van der Waals surface area (Å²) in [6, 6.07) is 8.61. The quantitative estimate of drug-likeness (QED) is 0.200. The van der Waals surface area contributed by atoms with E-state index in [2.05, 4.69) is 5.32 Å². The summed E-state index contributed by atoms with van der Waals surface area (Å²) < 4.78 is 22.4. The number of ether oxygens (including phenoxy) is 3. The molecule has 0 aliphatic carbocycles. The molecule has 11 heteroatoms. The minimum atomic E-state index is -0.397. The Kier molecular flexibility index (Phi) is 9.51. The normalized spacial score (nSPS) is 10.8. The summed E-state index contributed by atoms with van der Waals surface area (Å²) >= 11 is 30.4. The molecule has 3 rings (SSSR count). The summed E-state index contributed by atoms with van der Waals surface area (Å²) in [7, 11) is 0. The van der Waals surface area contributed by atoms with Crippen LogP contribution in [0.15, 0.2) is 34.7 Å². The van der Waals surface area contributed by atoms with Crippen molar-refractivity contribution >= 4 is 63.9 Å². The summed E-state index contributed by atoms with van der Waals surface area (Å²) in [6.07, 6.45) is 0. The first-order chi connectivity index (χ1) is 16.3. The molecule has 1 amide bonds. The molecule has 1 N–H and O–H groups in total. The Morgan fingerprint density at radius 3 is 2.09 bits per heavy atom. The lowest BCUT2D eigenvalue weighted by atomic mass is 10.2. The Labute approximate surface area is 221 Å². The lowest BCUT2D eigenvalue weighted by molar-refractivity contribution is 0.0919. The number of furan rings is 1. The molecule has 182 valence electrons. The summed E-state index contributed by atoms with van der Waals surface area (Å²) in [6.45, 7) is 5.01. The van der Waals surface area contributed by atoms with Crippen molar-refractivity contribution in [3.63, 3.8) is 0 Å². The molecule has 34 heavy (non-hydrogen) atoms. The molecule has 0 aliphatic heterocycles. The van der Waals surface area contributed by atoms with Crippen molar-refractivity contribution in [2.75, 3.05) is 13.2 Å². The molecule has 0 saturated carbocycles. The maximum absolute atomic E-state index is 12.5. The maximum atomic E-state index is 12.5. The van der Waals surface area contributed by atoms with E-state index in [1.807, 2.05) is 32.0 Å². The molecule has 0 fully saturated rings. The van der Waals surface area contributed by atoms with E-state index in [1.54, 1.807) is 6.07 Å². The fraction of sp³-hybridized carbons (Fsp3) is 0.261. The highest BCUT2D eigenvalue weighted by atomic mass is 35.5. The van der Waals surface area contributed by atoms with Gasteiger partial charge < -0.3 is 23.9 Å². The third-order valence-electron chi connectivity index (χ3n) is 4.47. The van der Waals surface area contributed by atoms with Crippen molar-refractivity contribution in [1.29, 1.82) is 0 Å². The Morgan fingerprint density at radius 2 is 1.44 bits per heavy atom. The zero-order valence-corrected chi connectivity index (χ0v) is 21.9. The minimum absolute atomic E-state index is 0.0207. The van der Waals surface area contributed by atoms with Gasteiger partial charge in [0.05, 0.1) is 28.3 Å². The van der Waals surface area contributed by atoms with Crippen LogP contribution in [-0.4, -0.2) is 19.1 Å². The molecule has 0 atom stereocenters. The molecule has 3 aromatic rings. The fourth-order valence-electron chi connectivity index (χ4n) is 2.91. The van der Waals surface area contributed by atoms with Crippen molar-refractivity contribution in [2.24, 2.45) is 0 Å². The minimum Gasteiger partial charge on any atom is -0.490 e. The summed E-state index contributed by atoms with van der Waals surface area (Å²) in [5, 5.41) is 2.92. The van der Waals surface area contributed by atoms with Gasteiger partial charge in [-0.05, 0) is 43.7 Å². The second-order valence-electron chi connectivity index (χ2n) is 6.78. The summed E-state index contributed by atoms with van der Waals surface area (Å²) in [5.74, 6) is 1.41. The number of rotatable bonds is 10. The number of amides is 1. The smallest absolute Gasteiger partial charge is 0.287 e. The van der Waals surface area contributed by atoms with Gasteiger partial charge >= 0.3 is 0 Å². The molecular weight excluding hydrogens is 548 g/mol. The van der Waals surface area contributed by atoms with Gasteiger partial charge in [-0.3, -0.25) is 4.79 Å². The first-order valence-electron chi connectivity index (χ1n) is 10.2. The van der Waals surface area contributed by atoms with Crippen LogP contribution in [0.2, 0.25) is 25.1 Å². The predicted molar refractivity (Wildman–Crippen MR) is 134 cm³/mol. The van der Waals surface area contributed by atoms with Gasteiger partial charge in [-0.2, -0.15) is 0 Å². The van der Waals surface area contributed by atoms with E-state index in [9.17, 15) is 4.79 Å². The van der Waals surface area contributed by atoms with Crippen LogP contribution in [0.5, 0.6) is 17.2 Å². The zero-order valence-electron chi connectivity index (χ0n) is 18.1. The number of carbonyl (C=O) groups is 1. The molecule has 0 spiro atoms. The second kappa shape index (κ2) is 12.1. The van der Waals surface area contributed by atoms with E-state index in [4.69, 9.17) is 76.6 Å². The molecular formula is C23H20Cl5NO5. The van der Waals surface area contributed by atoms with Crippen LogP contribution in [0.4, 0.5) is 0 Å². The van der Waals surface area contributed by atoms with Crippen molar-refractivity contribution in [3.8, 4) is 17.2 Å². The number of halogens is 5. The SMILES string of the molecule is CCOc1ccc(CNC(=O)c2ccc(COc3c(Cl)c(Cl)c(Cl)c(Cl)c3Cl)o2)cc1OCC. The molecule has 0 radical (unpaired) electrons. The third-order valence-corrected chi connectivity index (χ3v) is 6.72. The van der Waals surface area contributed by atoms with Crippen molar-refractivity contribution in [1.82, 2.24) is 5.32 Å². The number of hydrogen-bond acceptors (Lipinski definition) is 5. The number of carbonyl (C=O) groups excluding carboxylic acids is 1. The van der Waals surface area contributed by atoms with Crippen LogP contribution in [0.25, 0.3) is 0 Å². The van der Waals surface area contributed by atoms with Crippen molar-refractivity contribution < 1.29 is 23.4 Å². The van der Waals surface area contributed by atoms with E-state index in [0.717, 1.165) is 5.56 Å². The number of benzene rings is 2. The molecule has 0 saturated heterocycles. The molecule has 0 aliphatic rings. The van der Waals surface area contributed by atoms with Gasteiger partial charge in [0.25, 0.3) is 5.91 Å². The van der Waals surface area contributed by atoms with E-state index < -0.39 is 5.91 Å². The second-order valence-corrected chi connectivity index (χ2v) is 8.67. The lowest BCUT2D eigenvalue weighted by Gasteiger charge is -2.13. The van der Waals surface area contributed by atoms with Crippen molar-refractivity contribution in [3.05, 3.63) is 72.5 Å². The first-order valence-corrected chi connectivity index (χ1v) is 12.0. The molecule has 1 aromatic heterocycles. The lowest BCUT2D eigenvalue weighted by Crippen LogP contribution is -2.22. The molecule has 1 heterocycles. The summed E-state index contributed by atoms with van der Waals surface area (Å²) in [4.78, 5) is 12.5. The van der Waals surface area contributed by atoms with Gasteiger partial charge in [0.1, 0.15) is 22.4 Å². The van der Waals surface area contributed by atoms with E-state index in [0.29, 0.717) is 30.5 Å². The van der Waals surface area contributed by atoms with Gasteiger partial charge in [-0.15, -0.1) is 0 Å². The van der Waals surface area contributed by atoms with Crippen LogP contribution >= 0.6 is 58.0 Å². The van der Waals surface area contributed by atoms with Crippen LogP contribution in [0, 0.1) is 0 Å². The highest BCUT2D eigenvalue weighted by Crippen LogP contribution is 2.48. The van der Waals surface area contributed by atoms with Crippen LogP contribution in [0.3, 0.4) is 0 Å². The molecule has 0 bridgehead atoms. The average Bonchev–Trinajstić information content (AvgIpc) is 3.31. The monoisotopic (exact) mass is 565 g/mol. The number of hydrogen-bond donors (Lipinski definition) is 1. The fourth-order valence-corrected chi connectivity index (χ4v) is 4.14. The summed E-state index contributed by atoms with van der Waals surface area (Å²) in [5.41, 5.74) is 0.844.